The third kappa shape index (κ3) is 3.99. The van der Waals surface area contributed by atoms with E-state index < -0.39 is 5.41 Å². The van der Waals surface area contributed by atoms with Gasteiger partial charge in [-0.25, -0.2) is 19.9 Å². The Morgan fingerprint density at radius 3 is 1.50 bits per heavy atom. The van der Waals surface area contributed by atoms with Gasteiger partial charge in [-0.1, -0.05) is 164 Å². The van der Waals surface area contributed by atoms with Crippen LogP contribution in [0.15, 0.2) is 176 Å². The molecule has 11 rings (SSSR count). The van der Waals surface area contributed by atoms with Crippen LogP contribution < -0.4 is 0 Å². The predicted molar refractivity (Wildman–Crippen MR) is 207 cm³/mol. The molecule has 7 aromatic carbocycles. The van der Waals surface area contributed by atoms with Gasteiger partial charge in [0.25, 0.3) is 0 Å². The van der Waals surface area contributed by atoms with E-state index in [1.165, 1.54) is 38.9 Å². The van der Waals surface area contributed by atoms with Crippen molar-refractivity contribution < 1.29 is 0 Å². The summed E-state index contributed by atoms with van der Waals surface area (Å²) in [5.74, 6) is 2.41. The molecule has 0 amide bonds. The van der Waals surface area contributed by atoms with Crippen LogP contribution in [0.5, 0.6) is 0 Å². The van der Waals surface area contributed by atoms with E-state index in [0.29, 0.717) is 23.3 Å². The fourth-order valence-electron chi connectivity index (χ4n) is 8.52. The van der Waals surface area contributed by atoms with Crippen LogP contribution in [-0.4, -0.2) is 24.5 Å². The average Bonchev–Trinajstić information content (AvgIpc) is 3.76. The Kier molecular flexibility index (Phi) is 6.10. The van der Waals surface area contributed by atoms with Gasteiger partial charge in [0.1, 0.15) is 0 Å². The first-order valence-corrected chi connectivity index (χ1v) is 17.6. The Morgan fingerprint density at radius 1 is 0.346 bits per heavy atom. The molecule has 1 spiro atoms. The van der Waals surface area contributed by atoms with E-state index in [0.717, 1.165) is 33.4 Å². The van der Waals surface area contributed by atoms with Gasteiger partial charge in [0, 0.05) is 11.1 Å². The molecule has 0 radical (unpaired) electrons. The minimum atomic E-state index is -0.503. The zero-order valence-corrected chi connectivity index (χ0v) is 28.0. The van der Waals surface area contributed by atoms with Gasteiger partial charge in [-0.05, 0) is 56.6 Å². The number of para-hydroxylation sites is 2. The summed E-state index contributed by atoms with van der Waals surface area (Å²) >= 11 is 0. The first-order chi connectivity index (χ1) is 25.8. The molecule has 1 aliphatic carbocycles. The molecule has 0 fully saturated rings. The summed E-state index contributed by atoms with van der Waals surface area (Å²) in [6.07, 6.45) is 0. The average molecular weight is 664 g/mol. The molecule has 5 nitrogen and oxygen atoms in total. The van der Waals surface area contributed by atoms with E-state index >= 15 is 0 Å². The highest BCUT2D eigenvalue weighted by Gasteiger charge is 2.50. The molecule has 5 heteroatoms. The summed E-state index contributed by atoms with van der Waals surface area (Å²) < 4.78 is 2.28. The van der Waals surface area contributed by atoms with Gasteiger partial charge >= 0.3 is 0 Å². The number of fused-ring (bicyclic) bond motifs is 9. The van der Waals surface area contributed by atoms with E-state index in [9.17, 15) is 0 Å². The zero-order valence-electron chi connectivity index (χ0n) is 28.0. The quantitative estimate of drug-likeness (QED) is 0.188. The van der Waals surface area contributed by atoms with Crippen LogP contribution in [0.2, 0.25) is 0 Å². The SMILES string of the molecule is c1ccc(-c2ccc(-c3nc(-c4ccccc4)nc(-c4nc5cccc6c5n4-c4ccccc4C64c5ccccc5-c5ccccc54)n3)cc2)cc1. The molecule has 2 aromatic heterocycles. The normalized spacial score (nSPS) is 13.2. The Morgan fingerprint density at radius 2 is 0.827 bits per heavy atom. The minimum Gasteiger partial charge on any atom is -0.289 e. The van der Waals surface area contributed by atoms with Crippen molar-refractivity contribution in [2.24, 2.45) is 0 Å². The molecule has 0 unspecified atom stereocenters. The van der Waals surface area contributed by atoms with Gasteiger partial charge in [0.2, 0.25) is 0 Å². The van der Waals surface area contributed by atoms with Crippen LogP contribution in [0.3, 0.4) is 0 Å². The number of benzene rings is 7. The topological polar surface area (TPSA) is 56.5 Å². The van der Waals surface area contributed by atoms with Crippen LogP contribution in [0.4, 0.5) is 0 Å². The molecule has 0 saturated heterocycles. The molecular weight excluding hydrogens is 635 g/mol. The number of hydrogen-bond acceptors (Lipinski definition) is 4. The van der Waals surface area contributed by atoms with Crippen molar-refractivity contribution in [1.82, 2.24) is 24.5 Å². The van der Waals surface area contributed by atoms with Gasteiger partial charge in [-0.3, -0.25) is 4.57 Å². The van der Waals surface area contributed by atoms with Crippen molar-refractivity contribution in [2.75, 3.05) is 0 Å². The van der Waals surface area contributed by atoms with Crippen LogP contribution >= 0.6 is 0 Å². The first-order valence-electron chi connectivity index (χ1n) is 17.6. The van der Waals surface area contributed by atoms with Crippen molar-refractivity contribution in [3.8, 4) is 62.4 Å². The standard InChI is InChI=1S/C47H29N5/c1-3-14-30(15-4-1)31-26-28-33(29-27-31)44-49-43(32-16-5-2-6-17-32)50-45(51-44)46-48-40-24-13-23-39-42(40)52(46)41-25-12-11-22-38(41)47(39)36-20-9-7-18-34(36)35-19-8-10-21-37(35)47/h1-29H. The van der Waals surface area contributed by atoms with E-state index in [1.54, 1.807) is 0 Å². The molecular formula is C47H29N5. The van der Waals surface area contributed by atoms with E-state index in [4.69, 9.17) is 19.9 Å². The number of imidazole rings is 1. The lowest BCUT2D eigenvalue weighted by Crippen LogP contribution is -2.33. The van der Waals surface area contributed by atoms with Gasteiger partial charge < -0.3 is 0 Å². The largest absolute Gasteiger partial charge is 0.289 e. The van der Waals surface area contributed by atoms with Crippen molar-refractivity contribution >= 4 is 11.0 Å². The second kappa shape index (κ2) is 11.0. The fourth-order valence-corrected chi connectivity index (χ4v) is 8.52. The van der Waals surface area contributed by atoms with Crippen LogP contribution in [-0.2, 0) is 5.41 Å². The first kappa shape index (κ1) is 28.8. The monoisotopic (exact) mass is 663 g/mol. The Bertz CT molecular complexity index is 2790. The smallest absolute Gasteiger partial charge is 0.200 e. The van der Waals surface area contributed by atoms with Gasteiger partial charge in [-0.15, -0.1) is 0 Å². The molecule has 0 atom stereocenters. The molecule has 1 aliphatic heterocycles. The molecule has 9 aromatic rings. The number of rotatable bonds is 4. The number of hydrogen-bond donors (Lipinski definition) is 0. The minimum absolute atomic E-state index is 0.503. The highest BCUT2D eigenvalue weighted by Crippen LogP contribution is 2.60. The van der Waals surface area contributed by atoms with Gasteiger partial charge in [-0.2, -0.15) is 0 Å². The summed E-state index contributed by atoms with van der Waals surface area (Å²) in [4.78, 5) is 20.7. The lowest BCUT2D eigenvalue weighted by molar-refractivity contribution is 0.745. The molecule has 0 N–H and O–H groups in total. The lowest BCUT2D eigenvalue weighted by Gasteiger charge is -2.39. The third-order valence-electron chi connectivity index (χ3n) is 10.7. The van der Waals surface area contributed by atoms with Crippen LogP contribution in [0, 0.1) is 0 Å². The summed E-state index contributed by atoms with van der Waals surface area (Å²) in [5.41, 5.74) is 14.2. The molecule has 0 bridgehead atoms. The summed E-state index contributed by atoms with van der Waals surface area (Å²) in [7, 11) is 0. The number of aromatic nitrogens is 5. The maximum absolute atomic E-state index is 5.35. The fraction of sp³-hybridized carbons (Fsp3) is 0.0213. The highest BCUT2D eigenvalue weighted by molar-refractivity contribution is 5.97. The van der Waals surface area contributed by atoms with E-state index in [-0.39, 0.29) is 0 Å². The Hall–Kier alpha value is -6.98. The lowest BCUT2D eigenvalue weighted by atomic mass is 9.65. The molecule has 0 saturated carbocycles. The van der Waals surface area contributed by atoms with Crippen LogP contribution in [0.25, 0.3) is 73.4 Å². The molecule has 242 valence electrons. The number of nitrogens with zero attached hydrogens (tertiary/aromatic N) is 5. The highest BCUT2D eigenvalue weighted by atomic mass is 15.2. The van der Waals surface area contributed by atoms with Gasteiger partial charge in [0.15, 0.2) is 23.3 Å². The summed E-state index contributed by atoms with van der Waals surface area (Å²) in [5, 5.41) is 0. The maximum Gasteiger partial charge on any atom is 0.200 e. The second-order valence-corrected chi connectivity index (χ2v) is 13.4. The van der Waals surface area contributed by atoms with Crippen molar-refractivity contribution in [3.63, 3.8) is 0 Å². The van der Waals surface area contributed by atoms with E-state index in [2.05, 4.69) is 144 Å². The van der Waals surface area contributed by atoms with Crippen molar-refractivity contribution in [3.05, 3.63) is 198 Å². The van der Waals surface area contributed by atoms with Crippen LogP contribution in [0.1, 0.15) is 22.3 Å². The second-order valence-electron chi connectivity index (χ2n) is 13.4. The predicted octanol–water partition coefficient (Wildman–Crippen LogP) is 10.6. The molecule has 3 heterocycles. The summed E-state index contributed by atoms with van der Waals surface area (Å²) in [6, 6.07) is 62.0. The maximum atomic E-state index is 5.35. The van der Waals surface area contributed by atoms with E-state index in [1.807, 2.05) is 36.4 Å². The zero-order chi connectivity index (χ0) is 34.2. The summed E-state index contributed by atoms with van der Waals surface area (Å²) in [6.45, 7) is 0. The van der Waals surface area contributed by atoms with Crippen molar-refractivity contribution in [1.29, 1.82) is 0 Å². The molecule has 52 heavy (non-hydrogen) atoms. The van der Waals surface area contributed by atoms with Crippen molar-refractivity contribution in [2.45, 2.75) is 5.41 Å². The van der Waals surface area contributed by atoms with Gasteiger partial charge in [0.05, 0.1) is 22.1 Å². The molecule has 2 aliphatic rings. The Labute approximate surface area is 300 Å². The third-order valence-corrected chi connectivity index (χ3v) is 10.7. The Balaban J connectivity index is 1.18.